The minimum absolute atomic E-state index is 0.105. The topological polar surface area (TPSA) is 43.6 Å². The number of rotatable bonds is 1. The van der Waals surface area contributed by atoms with E-state index in [1.165, 1.54) is 6.33 Å². The van der Waals surface area contributed by atoms with Gasteiger partial charge in [0.05, 0.1) is 5.69 Å². The Morgan fingerprint density at radius 2 is 1.90 bits per heavy atom. The number of alkyl halides is 3. The van der Waals surface area contributed by atoms with Crippen molar-refractivity contribution in [2.45, 2.75) is 31.9 Å². The summed E-state index contributed by atoms with van der Waals surface area (Å²) in [5, 5.41) is -0.423. The molecule has 0 radical (unpaired) electrons. The van der Waals surface area contributed by atoms with Crippen LogP contribution in [-0.2, 0) is 19.0 Å². The van der Waals surface area contributed by atoms with Gasteiger partial charge in [-0.15, -0.1) is 0 Å². The van der Waals surface area contributed by atoms with Gasteiger partial charge in [0.15, 0.2) is 5.69 Å². The SMILES string of the molecule is FC(F)(F)c1cc(-n2cnc3c2CCCC3)nc(Cl)n1. The van der Waals surface area contributed by atoms with Crippen molar-refractivity contribution in [1.82, 2.24) is 19.5 Å². The summed E-state index contributed by atoms with van der Waals surface area (Å²) < 4.78 is 39.8. The molecule has 8 heteroatoms. The number of halogens is 4. The van der Waals surface area contributed by atoms with E-state index < -0.39 is 17.2 Å². The van der Waals surface area contributed by atoms with Crippen molar-refractivity contribution in [1.29, 1.82) is 0 Å². The Labute approximate surface area is 117 Å². The fourth-order valence-electron chi connectivity index (χ4n) is 2.34. The highest BCUT2D eigenvalue weighted by atomic mass is 35.5. The van der Waals surface area contributed by atoms with Gasteiger partial charge < -0.3 is 0 Å². The first-order valence-electron chi connectivity index (χ1n) is 6.12. The molecule has 2 heterocycles. The largest absolute Gasteiger partial charge is 0.433 e. The van der Waals surface area contributed by atoms with Gasteiger partial charge in [0.2, 0.25) is 5.28 Å². The van der Waals surface area contributed by atoms with E-state index in [-0.39, 0.29) is 5.82 Å². The molecule has 0 amide bonds. The lowest BCUT2D eigenvalue weighted by Gasteiger charge is -2.14. The summed E-state index contributed by atoms with van der Waals surface area (Å²) in [5.41, 5.74) is 0.768. The maximum Gasteiger partial charge on any atom is 0.433 e. The predicted molar refractivity (Wildman–Crippen MR) is 65.8 cm³/mol. The monoisotopic (exact) mass is 302 g/mol. The Morgan fingerprint density at radius 1 is 1.15 bits per heavy atom. The fraction of sp³-hybridized carbons (Fsp3) is 0.417. The number of hydrogen-bond acceptors (Lipinski definition) is 3. The van der Waals surface area contributed by atoms with Gasteiger partial charge in [-0.05, 0) is 37.3 Å². The molecule has 20 heavy (non-hydrogen) atoms. The number of nitrogens with zero attached hydrogens (tertiary/aromatic N) is 4. The molecule has 0 saturated carbocycles. The second-order valence-corrected chi connectivity index (χ2v) is 4.93. The molecular formula is C12H10ClF3N4. The van der Waals surface area contributed by atoms with Gasteiger partial charge >= 0.3 is 6.18 Å². The van der Waals surface area contributed by atoms with Gasteiger partial charge in [-0.1, -0.05) is 0 Å². The lowest BCUT2D eigenvalue weighted by molar-refractivity contribution is -0.141. The summed E-state index contributed by atoms with van der Waals surface area (Å²) in [7, 11) is 0. The van der Waals surface area contributed by atoms with Gasteiger partial charge in [0, 0.05) is 11.8 Å². The van der Waals surface area contributed by atoms with Gasteiger partial charge in [0.1, 0.15) is 12.1 Å². The molecule has 106 valence electrons. The van der Waals surface area contributed by atoms with Crippen LogP contribution in [0.2, 0.25) is 5.28 Å². The molecular weight excluding hydrogens is 293 g/mol. The second kappa shape index (κ2) is 4.73. The molecule has 3 rings (SSSR count). The molecule has 2 aromatic rings. The lowest BCUT2D eigenvalue weighted by atomic mass is 10.0. The van der Waals surface area contributed by atoms with Crippen molar-refractivity contribution in [2.24, 2.45) is 0 Å². The quantitative estimate of drug-likeness (QED) is 0.760. The molecule has 0 N–H and O–H groups in total. The molecule has 0 bridgehead atoms. The summed E-state index contributed by atoms with van der Waals surface area (Å²) in [5.74, 6) is 0.105. The summed E-state index contributed by atoms with van der Waals surface area (Å²) >= 11 is 5.60. The Kier molecular flexibility index (Phi) is 3.16. The van der Waals surface area contributed by atoms with Crippen LogP contribution < -0.4 is 0 Å². The number of imidazole rings is 1. The molecule has 0 aliphatic heterocycles. The van der Waals surface area contributed by atoms with E-state index in [9.17, 15) is 13.2 Å². The van der Waals surface area contributed by atoms with Crippen molar-refractivity contribution in [3.63, 3.8) is 0 Å². The third kappa shape index (κ3) is 2.37. The van der Waals surface area contributed by atoms with Crippen LogP contribution in [0.4, 0.5) is 13.2 Å². The maximum atomic E-state index is 12.8. The lowest BCUT2D eigenvalue weighted by Crippen LogP contribution is -2.13. The fourth-order valence-corrected chi connectivity index (χ4v) is 2.52. The standard InChI is InChI=1S/C12H10ClF3N4/c13-11-18-9(12(14,15)16)5-10(19-11)20-6-17-7-3-1-2-4-8(7)20/h5-6H,1-4H2. The molecule has 0 fully saturated rings. The van der Waals surface area contributed by atoms with E-state index in [1.807, 2.05) is 0 Å². The number of hydrogen-bond donors (Lipinski definition) is 0. The Hall–Kier alpha value is -1.63. The minimum atomic E-state index is -4.55. The third-order valence-electron chi connectivity index (χ3n) is 3.25. The van der Waals surface area contributed by atoms with Crippen LogP contribution in [0.15, 0.2) is 12.4 Å². The van der Waals surface area contributed by atoms with Crippen molar-refractivity contribution in [3.05, 3.63) is 34.8 Å². The minimum Gasteiger partial charge on any atom is -0.287 e. The highest BCUT2D eigenvalue weighted by molar-refractivity contribution is 6.28. The van der Waals surface area contributed by atoms with Crippen LogP contribution in [-0.4, -0.2) is 19.5 Å². The van der Waals surface area contributed by atoms with E-state index in [4.69, 9.17) is 11.6 Å². The van der Waals surface area contributed by atoms with E-state index in [2.05, 4.69) is 15.0 Å². The first-order valence-corrected chi connectivity index (χ1v) is 6.50. The molecule has 1 aliphatic rings. The number of aromatic nitrogens is 4. The van der Waals surface area contributed by atoms with Crippen molar-refractivity contribution < 1.29 is 13.2 Å². The van der Waals surface area contributed by atoms with Crippen molar-refractivity contribution >= 4 is 11.6 Å². The zero-order valence-electron chi connectivity index (χ0n) is 10.3. The zero-order chi connectivity index (χ0) is 14.3. The molecule has 0 spiro atoms. The smallest absolute Gasteiger partial charge is 0.287 e. The number of fused-ring (bicyclic) bond motifs is 1. The predicted octanol–water partition coefficient (Wildman–Crippen LogP) is 3.21. The van der Waals surface area contributed by atoms with Crippen LogP contribution in [0.1, 0.15) is 29.9 Å². The van der Waals surface area contributed by atoms with Crippen LogP contribution in [0.5, 0.6) is 0 Å². The van der Waals surface area contributed by atoms with E-state index in [0.717, 1.165) is 43.1 Å². The number of aryl methyl sites for hydroxylation is 1. The molecule has 0 unspecified atom stereocenters. The summed E-state index contributed by atoms with van der Waals surface area (Å²) in [6.07, 6.45) is 0.592. The molecule has 2 aromatic heterocycles. The maximum absolute atomic E-state index is 12.8. The summed E-state index contributed by atoms with van der Waals surface area (Å²) in [6, 6.07) is 0.891. The van der Waals surface area contributed by atoms with Gasteiger partial charge in [-0.2, -0.15) is 18.2 Å². The van der Waals surface area contributed by atoms with Crippen LogP contribution in [0.3, 0.4) is 0 Å². The highest BCUT2D eigenvalue weighted by Crippen LogP contribution is 2.30. The average molecular weight is 303 g/mol. The Bertz CT molecular complexity index is 651. The van der Waals surface area contributed by atoms with Crippen LogP contribution in [0.25, 0.3) is 5.82 Å². The summed E-state index contributed by atoms with van der Waals surface area (Å²) in [6.45, 7) is 0. The Morgan fingerprint density at radius 3 is 2.65 bits per heavy atom. The van der Waals surface area contributed by atoms with Crippen molar-refractivity contribution in [2.75, 3.05) is 0 Å². The van der Waals surface area contributed by atoms with E-state index in [1.54, 1.807) is 4.57 Å². The normalized spacial score (nSPS) is 15.2. The molecule has 1 aliphatic carbocycles. The molecule has 0 atom stereocenters. The van der Waals surface area contributed by atoms with Crippen LogP contribution in [0, 0.1) is 0 Å². The first kappa shape index (κ1) is 13.4. The first-order chi connectivity index (χ1) is 9.45. The Balaban J connectivity index is 2.11. The molecule has 0 saturated heterocycles. The second-order valence-electron chi connectivity index (χ2n) is 4.59. The summed E-state index contributed by atoms with van der Waals surface area (Å²) in [4.78, 5) is 11.3. The van der Waals surface area contributed by atoms with Crippen molar-refractivity contribution in [3.8, 4) is 5.82 Å². The van der Waals surface area contributed by atoms with E-state index in [0.29, 0.717) is 0 Å². The third-order valence-corrected chi connectivity index (χ3v) is 3.42. The molecule has 0 aromatic carbocycles. The van der Waals surface area contributed by atoms with Crippen LogP contribution >= 0.6 is 11.6 Å². The van der Waals surface area contributed by atoms with Gasteiger partial charge in [0.25, 0.3) is 0 Å². The highest BCUT2D eigenvalue weighted by Gasteiger charge is 2.34. The van der Waals surface area contributed by atoms with E-state index >= 15 is 0 Å². The average Bonchev–Trinajstić information content (AvgIpc) is 2.80. The van der Waals surface area contributed by atoms with Gasteiger partial charge in [-0.25, -0.2) is 9.97 Å². The zero-order valence-corrected chi connectivity index (χ0v) is 11.0. The van der Waals surface area contributed by atoms with Gasteiger partial charge in [-0.3, -0.25) is 4.57 Å². The molecule has 4 nitrogen and oxygen atoms in total.